The molecule has 0 amide bonds. The molecule has 0 saturated carbocycles. The van der Waals surface area contributed by atoms with Gasteiger partial charge in [-0.1, -0.05) is 57.2 Å². The predicted octanol–water partition coefficient (Wildman–Crippen LogP) is 4.59. The number of carbonyl (C=O) groups excluding carboxylic acids is 1. The first-order valence-corrected chi connectivity index (χ1v) is 6.71. The summed E-state index contributed by atoms with van der Waals surface area (Å²) in [7, 11) is 1.65. The first kappa shape index (κ1) is 14.3. The number of hydrogen-bond donors (Lipinski definition) is 0. The molecule has 2 nitrogen and oxygen atoms in total. The van der Waals surface area contributed by atoms with Gasteiger partial charge in [-0.15, -0.1) is 0 Å². The summed E-state index contributed by atoms with van der Waals surface area (Å²) in [5, 5.41) is 0. The number of methoxy groups -OCH3 is 1. The van der Waals surface area contributed by atoms with E-state index in [4.69, 9.17) is 4.74 Å². The maximum absolute atomic E-state index is 12.2. The van der Waals surface area contributed by atoms with Gasteiger partial charge in [0.05, 0.1) is 7.11 Å². The molecule has 2 heteroatoms. The van der Waals surface area contributed by atoms with Crippen molar-refractivity contribution in [2.75, 3.05) is 7.11 Å². The molecule has 2 rings (SSSR count). The number of ketones is 1. The number of carbonyl (C=O) groups is 1. The summed E-state index contributed by atoms with van der Waals surface area (Å²) < 4.78 is 5.15. The Morgan fingerprint density at radius 2 is 1.30 bits per heavy atom. The Balaban J connectivity index is 2.25. The minimum atomic E-state index is -0.346. The maximum Gasteiger partial charge on any atom is 0.168 e. The van der Waals surface area contributed by atoms with E-state index in [0.717, 1.165) is 22.4 Å². The lowest BCUT2D eigenvalue weighted by Gasteiger charge is -2.16. The molecular formula is C18H20O2. The largest absolute Gasteiger partial charge is 0.497 e. The van der Waals surface area contributed by atoms with Crippen molar-refractivity contribution in [3.8, 4) is 16.9 Å². The van der Waals surface area contributed by atoms with Crippen LogP contribution in [0.15, 0.2) is 48.5 Å². The first-order valence-electron chi connectivity index (χ1n) is 6.71. The standard InChI is InChI=1S/C18H20O2/c1-18(2,3)17(19)15-7-5-13(6-8-15)14-9-11-16(20-4)12-10-14/h5-12H,1-4H3. The molecule has 0 N–H and O–H groups in total. The molecule has 0 fully saturated rings. The third kappa shape index (κ3) is 3.08. The molecule has 2 aromatic rings. The van der Waals surface area contributed by atoms with Gasteiger partial charge in [0.2, 0.25) is 0 Å². The van der Waals surface area contributed by atoms with Crippen molar-refractivity contribution in [2.45, 2.75) is 20.8 Å². The normalized spacial score (nSPS) is 11.2. The lowest BCUT2D eigenvalue weighted by atomic mass is 9.86. The van der Waals surface area contributed by atoms with E-state index in [0.29, 0.717) is 0 Å². The minimum absolute atomic E-state index is 0.166. The molecule has 104 valence electrons. The van der Waals surface area contributed by atoms with Crippen LogP contribution in [0.25, 0.3) is 11.1 Å². The number of rotatable bonds is 3. The van der Waals surface area contributed by atoms with Crippen LogP contribution < -0.4 is 4.74 Å². The lowest BCUT2D eigenvalue weighted by Crippen LogP contribution is -2.19. The summed E-state index contributed by atoms with van der Waals surface area (Å²) in [6.45, 7) is 5.81. The molecule has 0 aliphatic heterocycles. The zero-order valence-electron chi connectivity index (χ0n) is 12.4. The molecule has 0 unspecified atom stereocenters. The first-order chi connectivity index (χ1) is 9.41. The third-order valence-corrected chi connectivity index (χ3v) is 3.25. The summed E-state index contributed by atoms with van der Waals surface area (Å²) in [6.07, 6.45) is 0. The van der Waals surface area contributed by atoms with Crippen molar-refractivity contribution in [2.24, 2.45) is 5.41 Å². The Labute approximate surface area is 120 Å². The van der Waals surface area contributed by atoms with Gasteiger partial charge < -0.3 is 4.74 Å². The smallest absolute Gasteiger partial charge is 0.168 e. The number of Topliss-reactive ketones (excluding diaryl/α,β-unsaturated/α-hetero) is 1. The van der Waals surface area contributed by atoms with Gasteiger partial charge in [0, 0.05) is 11.0 Å². The van der Waals surface area contributed by atoms with E-state index in [1.165, 1.54) is 0 Å². The maximum atomic E-state index is 12.2. The molecule has 0 heterocycles. The zero-order chi connectivity index (χ0) is 14.8. The second-order valence-corrected chi connectivity index (χ2v) is 5.88. The highest BCUT2D eigenvalue weighted by Crippen LogP contribution is 2.25. The van der Waals surface area contributed by atoms with E-state index in [2.05, 4.69) is 0 Å². The Morgan fingerprint density at radius 1 is 0.850 bits per heavy atom. The SMILES string of the molecule is COc1ccc(-c2ccc(C(=O)C(C)(C)C)cc2)cc1. The quantitative estimate of drug-likeness (QED) is 0.761. The van der Waals surface area contributed by atoms with Crippen LogP contribution in [0.5, 0.6) is 5.75 Å². The summed E-state index contributed by atoms with van der Waals surface area (Å²) in [5.74, 6) is 1.01. The fourth-order valence-corrected chi connectivity index (χ4v) is 2.03. The zero-order valence-corrected chi connectivity index (χ0v) is 12.4. The molecule has 0 saturated heterocycles. The second kappa shape index (κ2) is 5.49. The molecule has 0 radical (unpaired) electrons. The predicted molar refractivity (Wildman–Crippen MR) is 82.2 cm³/mol. The van der Waals surface area contributed by atoms with E-state index in [1.807, 2.05) is 69.3 Å². The Hall–Kier alpha value is -2.09. The summed E-state index contributed by atoms with van der Waals surface area (Å²) in [5.41, 5.74) is 2.62. The third-order valence-electron chi connectivity index (χ3n) is 3.25. The van der Waals surface area contributed by atoms with Crippen molar-refractivity contribution in [3.05, 3.63) is 54.1 Å². The van der Waals surface area contributed by atoms with Crippen LogP contribution in [-0.4, -0.2) is 12.9 Å². The Bertz CT molecular complexity index is 587. The van der Waals surface area contributed by atoms with Gasteiger partial charge in [-0.2, -0.15) is 0 Å². The van der Waals surface area contributed by atoms with E-state index in [9.17, 15) is 4.79 Å². The summed E-state index contributed by atoms with van der Waals surface area (Å²) in [6, 6.07) is 15.7. The van der Waals surface area contributed by atoms with E-state index < -0.39 is 0 Å². The van der Waals surface area contributed by atoms with Gasteiger partial charge in [0.1, 0.15) is 5.75 Å². The highest BCUT2D eigenvalue weighted by molar-refractivity contribution is 6.00. The minimum Gasteiger partial charge on any atom is -0.497 e. The Morgan fingerprint density at radius 3 is 1.70 bits per heavy atom. The van der Waals surface area contributed by atoms with Crippen molar-refractivity contribution in [1.82, 2.24) is 0 Å². The van der Waals surface area contributed by atoms with Gasteiger partial charge in [0.15, 0.2) is 5.78 Å². The van der Waals surface area contributed by atoms with Crippen molar-refractivity contribution in [3.63, 3.8) is 0 Å². The van der Waals surface area contributed by atoms with Crippen LogP contribution in [0.4, 0.5) is 0 Å². The Kier molecular flexibility index (Phi) is 3.93. The van der Waals surface area contributed by atoms with Crippen molar-refractivity contribution in [1.29, 1.82) is 0 Å². The van der Waals surface area contributed by atoms with Gasteiger partial charge in [0.25, 0.3) is 0 Å². The topological polar surface area (TPSA) is 26.3 Å². The molecule has 0 aliphatic carbocycles. The van der Waals surface area contributed by atoms with E-state index in [-0.39, 0.29) is 11.2 Å². The van der Waals surface area contributed by atoms with Crippen LogP contribution >= 0.6 is 0 Å². The molecule has 0 aromatic heterocycles. The van der Waals surface area contributed by atoms with Gasteiger partial charge in [-0.25, -0.2) is 0 Å². The van der Waals surface area contributed by atoms with Gasteiger partial charge in [-0.05, 0) is 23.3 Å². The number of benzene rings is 2. The molecular weight excluding hydrogens is 248 g/mol. The highest BCUT2D eigenvalue weighted by Gasteiger charge is 2.22. The second-order valence-electron chi connectivity index (χ2n) is 5.88. The summed E-state index contributed by atoms with van der Waals surface area (Å²) >= 11 is 0. The average Bonchev–Trinajstić information content (AvgIpc) is 2.46. The average molecular weight is 268 g/mol. The van der Waals surface area contributed by atoms with E-state index >= 15 is 0 Å². The molecule has 0 aliphatic rings. The number of hydrogen-bond acceptors (Lipinski definition) is 2. The number of ether oxygens (including phenoxy) is 1. The molecule has 20 heavy (non-hydrogen) atoms. The van der Waals surface area contributed by atoms with Crippen LogP contribution in [0.2, 0.25) is 0 Å². The molecule has 0 spiro atoms. The lowest BCUT2D eigenvalue weighted by molar-refractivity contribution is 0.0858. The molecule has 0 bridgehead atoms. The summed E-state index contributed by atoms with van der Waals surface area (Å²) in [4.78, 5) is 12.2. The van der Waals surface area contributed by atoms with Crippen LogP contribution in [0, 0.1) is 5.41 Å². The van der Waals surface area contributed by atoms with Gasteiger partial charge in [-0.3, -0.25) is 4.79 Å². The van der Waals surface area contributed by atoms with Crippen molar-refractivity contribution >= 4 is 5.78 Å². The van der Waals surface area contributed by atoms with Crippen LogP contribution in [0.1, 0.15) is 31.1 Å². The van der Waals surface area contributed by atoms with Crippen LogP contribution in [0.3, 0.4) is 0 Å². The van der Waals surface area contributed by atoms with Gasteiger partial charge >= 0.3 is 0 Å². The van der Waals surface area contributed by atoms with E-state index in [1.54, 1.807) is 7.11 Å². The molecule has 0 atom stereocenters. The molecule has 2 aromatic carbocycles. The van der Waals surface area contributed by atoms with Crippen LogP contribution in [-0.2, 0) is 0 Å². The fourth-order valence-electron chi connectivity index (χ4n) is 2.03. The van der Waals surface area contributed by atoms with Crippen molar-refractivity contribution < 1.29 is 9.53 Å². The monoisotopic (exact) mass is 268 g/mol. The fraction of sp³-hybridized carbons (Fsp3) is 0.278. The highest BCUT2D eigenvalue weighted by atomic mass is 16.5.